The lowest BCUT2D eigenvalue weighted by molar-refractivity contribution is -0.274. The van der Waals surface area contributed by atoms with Crippen LogP contribution in [0.25, 0.3) is 0 Å². The largest absolute Gasteiger partial charge is 0.573 e. The summed E-state index contributed by atoms with van der Waals surface area (Å²) in [4.78, 5) is 12.0. The molecule has 0 radical (unpaired) electrons. The van der Waals surface area contributed by atoms with Gasteiger partial charge in [0.15, 0.2) is 0 Å². The van der Waals surface area contributed by atoms with Gasteiger partial charge in [-0.05, 0) is 44.2 Å². The summed E-state index contributed by atoms with van der Waals surface area (Å²) in [5, 5.41) is 2.78. The molecule has 2 aromatic rings. The molecule has 1 amide bonds. The number of aryl methyl sites for hydroxylation is 1. The smallest absolute Gasteiger partial charge is 0.496 e. The second-order valence-electron chi connectivity index (χ2n) is 6.70. The van der Waals surface area contributed by atoms with Crippen molar-refractivity contribution >= 4 is 15.9 Å². The van der Waals surface area contributed by atoms with Gasteiger partial charge < -0.3 is 14.8 Å². The number of amides is 1. The molecule has 31 heavy (non-hydrogen) atoms. The van der Waals surface area contributed by atoms with Crippen molar-refractivity contribution in [2.75, 3.05) is 13.7 Å². The molecule has 7 nitrogen and oxygen atoms in total. The van der Waals surface area contributed by atoms with E-state index in [9.17, 15) is 26.4 Å². The third-order valence-electron chi connectivity index (χ3n) is 4.24. The Bertz CT molecular complexity index is 1010. The van der Waals surface area contributed by atoms with Gasteiger partial charge in [-0.15, -0.1) is 13.2 Å². The topological polar surface area (TPSA) is 93.7 Å². The second-order valence-corrected chi connectivity index (χ2v) is 8.47. The van der Waals surface area contributed by atoms with Crippen molar-refractivity contribution in [2.45, 2.75) is 37.6 Å². The first-order chi connectivity index (χ1) is 14.4. The highest BCUT2D eigenvalue weighted by Gasteiger charge is 2.31. The highest BCUT2D eigenvalue weighted by atomic mass is 32.2. The van der Waals surface area contributed by atoms with Gasteiger partial charge in [-0.2, -0.15) is 0 Å². The van der Waals surface area contributed by atoms with E-state index in [1.54, 1.807) is 13.0 Å². The molecule has 170 valence electrons. The van der Waals surface area contributed by atoms with Gasteiger partial charge >= 0.3 is 6.36 Å². The number of rotatable bonds is 9. The van der Waals surface area contributed by atoms with E-state index in [4.69, 9.17) is 4.74 Å². The summed E-state index contributed by atoms with van der Waals surface area (Å²) in [6.45, 7) is 3.50. The van der Waals surface area contributed by atoms with E-state index < -0.39 is 22.1 Å². The van der Waals surface area contributed by atoms with Crippen LogP contribution in [0.3, 0.4) is 0 Å². The minimum absolute atomic E-state index is 0.132. The van der Waals surface area contributed by atoms with Crippen molar-refractivity contribution in [1.29, 1.82) is 0 Å². The summed E-state index contributed by atoms with van der Waals surface area (Å²) in [5.74, 6) is -0.295. The van der Waals surface area contributed by atoms with Gasteiger partial charge in [-0.25, -0.2) is 13.1 Å². The van der Waals surface area contributed by atoms with E-state index >= 15 is 0 Å². The number of benzene rings is 2. The van der Waals surface area contributed by atoms with Crippen molar-refractivity contribution in [2.24, 2.45) is 0 Å². The summed E-state index contributed by atoms with van der Waals surface area (Å²) in [5.41, 5.74) is 1.79. The molecule has 0 heterocycles. The van der Waals surface area contributed by atoms with Crippen LogP contribution in [0.4, 0.5) is 13.2 Å². The van der Waals surface area contributed by atoms with Crippen LogP contribution in [0.1, 0.15) is 30.5 Å². The summed E-state index contributed by atoms with van der Waals surface area (Å²) >= 11 is 0. The fourth-order valence-electron chi connectivity index (χ4n) is 2.79. The maximum absolute atomic E-state index is 12.3. The third kappa shape index (κ3) is 7.44. The molecule has 0 spiro atoms. The molecule has 0 aliphatic rings. The molecule has 1 atom stereocenters. The van der Waals surface area contributed by atoms with Gasteiger partial charge in [0, 0.05) is 18.5 Å². The molecule has 0 aliphatic heterocycles. The van der Waals surface area contributed by atoms with Crippen LogP contribution in [0.2, 0.25) is 0 Å². The minimum atomic E-state index is -4.87. The van der Waals surface area contributed by atoms with E-state index in [0.29, 0.717) is 5.75 Å². The lowest BCUT2D eigenvalue weighted by atomic mass is 10.0. The standard InChI is InChI=1S/C20H23F3N2O5S/c1-13-4-9-18(29-3)17(12-13)14(2)25-19(26)10-11-24-31(27,28)16-7-5-15(6-8-16)30-20(21,22)23/h4-9,12,14,24H,10-11H2,1-3H3,(H,25,26). The fraction of sp³-hybridized carbons (Fsp3) is 0.350. The molecular formula is C20H23F3N2O5S. The number of hydrogen-bond acceptors (Lipinski definition) is 5. The Hall–Kier alpha value is -2.79. The monoisotopic (exact) mass is 460 g/mol. The fourth-order valence-corrected chi connectivity index (χ4v) is 3.82. The second kappa shape index (κ2) is 10.0. The van der Waals surface area contributed by atoms with E-state index in [0.717, 1.165) is 35.4 Å². The number of carbonyl (C=O) groups excluding carboxylic acids is 1. The predicted molar refractivity (Wildman–Crippen MR) is 107 cm³/mol. The van der Waals surface area contributed by atoms with Crippen molar-refractivity contribution in [3.8, 4) is 11.5 Å². The number of methoxy groups -OCH3 is 1. The van der Waals surface area contributed by atoms with E-state index in [-0.39, 0.29) is 29.8 Å². The van der Waals surface area contributed by atoms with Crippen LogP contribution in [0, 0.1) is 6.92 Å². The average Bonchev–Trinajstić information content (AvgIpc) is 2.67. The van der Waals surface area contributed by atoms with Crippen molar-refractivity contribution in [3.63, 3.8) is 0 Å². The Morgan fingerprint density at radius 2 is 1.77 bits per heavy atom. The molecular weight excluding hydrogens is 437 g/mol. The molecule has 0 aromatic heterocycles. The van der Waals surface area contributed by atoms with E-state index in [2.05, 4.69) is 14.8 Å². The molecule has 2 rings (SSSR count). The summed E-state index contributed by atoms with van der Waals surface area (Å²) in [6.07, 6.45) is -5.00. The van der Waals surface area contributed by atoms with Gasteiger partial charge in [0.2, 0.25) is 15.9 Å². The first-order valence-electron chi connectivity index (χ1n) is 9.20. The predicted octanol–water partition coefficient (Wildman–Crippen LogP) is 3.45. The first-order valence-corrected chi connectivity index (χ1v) is 10.7. The first kappa shape index (κ1) is 24.5. The number of nitrogens with one attached hydrogen (secondary N) is 2. The maximum Gasteiger partial charge on any atom is 0.573 e. The van der Waals surface area contributed by atoms with Crippen molar-refractivity contribution < 1.29 is 35.9 Å². The molecule has 0 saturated heterocycles. The van der Waals surface area contributed by atoms with Crippen LogP contribution in [0.5, 0.6) is 11.5 Å². The number of alkyl halides is 3. The number of hydrogen-bond donors (Lipinski definition) is 2. The lowest BCUT2D eigenvalue weighted by Crippen LogP contribution is -2.32. The van der Waals surface area contributed by atoms with Gasteiger partial charge in [-0.1, -0.05) is 17.7 Å². The Labute approximate surface area is 178 Å². The zero-order valence-corrected chi connectivity index (χ0v) is 17.9. The van der Waals surface area contributed by atoms with Gasteiger partial charge in [0.05, 0.1) is 18.0 Å². The van der Waals surface area contributed by atoms with Crippen LogP contribution in [-0.4, -0.2) is 34.3 Å². The molecule has 2 N–H and O–H groups in total. The minimum Gasteiger partial charge on any atom is -0.496 e. The molecule has 0 fully saturated rings. The highest BCUT2D eigenvalue weighted by molar-refractivity contribution is 7.89. The number of ether oxygens (including phenoxy) is 2. The van der Waals surface area contributed by atoms with Gasteiger partial charge in [0.25, 0.3) is 0 Å². The van der Waals surface area contributed by atoms with Crippen LogP contribution < -0.4 is 19.5 Å². The number of sulfonamides is 1. The Morgan fingerprint density at radius 1 is 1.13 bits per heavy atom. The molecule has 0 saturated carbocycles. The Kier molecular flexibility index (Phi) is 7.91. The number of carbonyl (C=O) groups is 1. The van der Waals surface area contributed by atoms with Gasteiger partial charge in [0.1, 0.15) is 11.5 Å². The summed E-state index contributed by atoms with van der Waals surface area (Å²) < 4.78 is 72.3. The molecule has 2 aromatic carbocycles. The van der Waals surface area contributed by atoms with E-state index in [1.807, 2.05) is 19.1 Å². The SMILES string of the molecule is COc1ccc(C)cc1C(C)NC(=O)CCNS(=O)(=O)c1ccc(OC(F)(F)F)cc1. The van der Waals surface area contributed by atoms with Crippen LogP contribution >= 0.6 is 0 Å². The lowest BCUT2D eigenvalue weighted by Gasteiger charge is -2.18. The Morgan fingerprint density at radius 3 is 2.35 bits per heavy atom. The quantitative estimate of drug-likeness (QED) is 0.598. The van der Waals surface area contributed by atoms with Crippen molar-refractivity contribution in [1.82, 2.24) is 10.0 Å². The van der Waals surface area contributed by atoms with Crippen LogP contribution in [-0.2, 0) is 14.8 Å². The highest BCUT2D eigenvalue weighted by Crippen LogP contribution is 2.26. The van der Waals surface area contributed by atoms with Gasteiger partial charge in [-0.3, -0.25) is 4.79 Å². The van der Waals surface area contributed by atoms with Crippen molar-refractivity contribution in [3.05, 3.63) is 53.6 Å². The summed E-state index contributed by atoms with van der Waals surface area (Å²) in [6, 6.07) is 8.96. The zero-order chi connectivity index (χ0) is 23.2. The zero-order valence-electron chi connectivity index (χ0n) is 17.1. The Balaban J connectivity index is 1.90. The molecule has 11 heteroatoms. The molecule has 0 bridgehead atoms. The van der Waals surface area contributed by atoms with E-state index in [1.165, 1.54) is 7.11 Å². The molecule has 0 aliphatic carbocycles. The third-order valence-corrected chi connectivity index (χ3v) is 5.72. The summed E-state index contributed by atoms with van der Waals surface area (Å²) in [7, 11) is -2.47. The maximum atomic E-state index is 12.3. The molecule has 1 unspecified atom stereocenters. The van der Waals surface area contributed by atoms with Crippen LogP contribution in [0.15, 0.2) is 47.4 Å². The number of halogens is 3. The average molecular weight is 460 g/mol. The normalized spacial score (nSPS) is 12.8.